The molecule has 0 bridgehead atoms. The largest absolute Gasteiger partial charge is 1.00 e. The summed E-state index contributed by atoms with van der Waals surface area (Å²) in [5.74, 6) is 2.68. The van der Waals surface area contributed by atoms with E-state index in [0.717, 1.165) is 6.04 Å². The summed E-state index contributed by atoms with van der Waals surface area (Å²) in [7, 11) is 0. The van der Waals surface area contributed by atoms with Gasteiger partial charge in [-0.05, 0) is 11.5 Å². The first-order chi connectivity index (χ1) is 3.39. The zero-order valence-electron chi connectivity index (χ0n) is 4.90. The highest BCUT2D eigenvalue weighted by Gasteiger charge is 2.09. The van der Waals surface area contributed by atoms with Crippen molar-refractivity contribution >= 4 is 11.8 Å². The minimum atomic E-state index is 0. The van der Waals surface area contributed by atoms with Gasteiger partial charge in [-0.25, -0.2) is 0 Å². The summed E-state index contributed by atoms with van der Waals surface area (Å²) in [6.45, 7) is 0. The van der Waals surface area contributed by atoms with E-state index in [1.807, 2.05) is 0 Å². The Kier molecular flexibility index (Phi) is 5.51. The Labute approximate surface area is 71.8 Å². The highest BCUT2D eigenvalue weighted by atomic mass is 127. The molecule has 0 aromatic rings. The molecule has 3 N–H and O–H groups in total. The summed E-state index contributed by atoms with van der Waals surface area (Å²) in [6.07, 6.45) is 2.68. The molecular formula is C5H12INS. The lowest BCUT2D eigenvalue weighted by Gasteiger charge is -2.12. The van der Waals surface area contributed by atoms with E-state index >= 15 is 0 Å². The van der Waals surface area contributed by atoms with Crippen molar-refractivity contribution in [3.63, 3.8) is 0 Å². The van der Waals surface area contributed by atoms with Crippen molar-refractivity contribution in [3.05, 3.63) is 0 Å². The quantitative estimate of drug-likeness (QED) is 0.456. The van der Waals surface area contributed by atoms with Crippen LogP contribution < -0.4 is 29.7 Å². The van der Waals surface area contributed by atoms with Gasteiger partial charge in [0.2, 0.25) is 0 Å². The lowest BCUT2D eigenvalue weighted by molar-refractivity contribution is -0.420. The van der Waals surface area contributed by atoms with Crippen LogP contribution in [0.15, 0.2) is 0 Å². The van der Waals surface area contributed by atoms with Gasteiger partial charge in [0.25, 0.3) is 0 Å². The van der Waals surface area contributed by atoms with E-state index in [1.165, 1.54) is 24.3 Å². The molecule has 3 heteroatoms. The average molecular weight is 245 g/mol. The molecule has 0 saturated carbocycles. The fourth-order valence-electron chi connectivity index (χ4n) is 0.746. The summed E-state index contributed by atoms with van der Waals surface area (Å²) in [6, 6.07) is 0.765. The van der Waals surface area contributed by atoms with Gasteiger partial charge in [-0.3, -0.25) is 0 Å². The molecule has 0 amide bonds. The maximum Gasteiger partial charge on any atom is 0.0859 e. The summed E-state index contributed by atoms with van der Waals surface area (Å²) < 4.78 is 0. The second kappa shape index (κ2) is 4.88. The van der Waals surface area contributed by atoms with Crippen molar-refractivity contribution in [3.8, 4) is 0 Å². The predicted octanol–water partition coefficient (Wildman–Crippen LogP) is -2.87. The van der Waals surface area contributed by atoms with Gasteiger partial charge in [0.15, 0.2) is 0 Å². The normalized spacial score (nSPS) is 22.1. The Bertz CT molecular complexity index is 54.4. The van der Waals surface area contributed by atoms with Gasteiger partial charge >= 0.3 is 0 Å². The Morgan fingerprint density at radius 3 is 2.00 bits per heavy atom. The van der Waals surface area contributed by atoms with Crippen LogP contribution in [0.3, 0.4) is 0 Å². The van der Waals surface area contributed by atoms with Gasteiger partial charge in [-0.15, -0.1) is 0 Å². The molecule has 0 radical (unpaired) electrons. The first-order valence-corrected chi connectivity index (χ1v) is 3.96. The molecule has 1 heterocycles. The SMILES string of the molecule is [I-].[NH3+]C1CCSCC1. The first kappa shape index (κ1) is 9.04. The van der Waals surface area contributed by atoms with Crippen molar-refractivity contribution in [1.29, 1.82) is 0 Å². The second-order valence-electron chi connectivity index (χ2n) is 2.06. The molecule has 1 aliphatic rings. The molecule has 1 nitrogen and oxygen atoms in total. The smallest absolute Gasteiger partial charge is 0.0859 e. The number of hydrogen-bond donors (Lipinski definition) is 1. The van der Waals surface area contributed by atoms with Crippen LogP contribution >= 0.6 is 11.8 Å². The lowest BCUT2D eigenvalue weighted by atomic mass is 10.2. The number of thioether (sulfide) groups is 1. The average Bonchev–Trinajstić information content (AvgIpc) is 1.69. The standard InChI is InChI=1S/C5H11NS.HI/c6-5-1-3-7-4-2-5;/h5H,1-4,6H2;1H. The van der Waals surface area contributed by atoms with E-state index in [-0.39, 0.29) is 24.0 Å². The van der Waals surface area contributed by atoms with E-state index in [9.17, 15) is 0 Å². The maximum absolute atomic E-state index is 3.98. The number of hydrogen-bond acceptors (Lipinski definition) is 1. The highest BCUT2D eigenvalue weighted by Crippen LogP contribution is 2.13. The topological polar surface area (TPSA) is 27.6 Å². The van der Waals surface area contributed by atoms with Crippen molar-refractivity contribution in [2.45, 2.75) is 18.9 Å². The van der Waals surface area contributed by atoms with Crippen LogP contribution in [0.2, 0.25) is 0 Å². The maximum atomic E-state index is 3.98. The Morgan fingerprint density at radius 1 is 1.25 bits per heavy atom. The zero-order chi connectivity index (χ0) is 5.11. The molecule has 1 aliphatic heterocycles. The van der Waals surface area contributed by atoms with Crippen LogP contribution in [0.25, 0.3) is 0 Å². The second-order valence-corrected chi connectivity index (χ2v) is 3.28. The van der Waals surface area contributed by atoms with Crippen LogP contribution in [0, 0.1) is 0 Å². The van der Waals surface area contributed by atoms with E-state index in [0.29, 0.717) is 0 Å². The summed E-state index contributed by atoms with van der Waals surface area (Å²) in [5, 5.41) is 0. The predicted molar refractivity (Wildman–Crippen MR) is 33.2 cm³/mol. The molecule has 0 unspecified atom stereocenters. The van der Waals surface area contributed by atoms with Crippen molar-refractivity contribution in [2.75, 3.05) is 11.5 Å². The van der Waals surface area contributed by atoms with Crippen LogP contribution in [-0.2, 0) is 0 Å². The minimum absolute atomic E-state index is 0. The molecule has 0 atom stereocenters. The van der Waals surface area contributed by atoms with Crippen molar-refractivity contribution < 1.29 is 29.7 Å². The van der Waals surface area contributed by atoms with Crippen LogP contribution in [0.1, 0.15) is 12.8 Å². The fourth-order valence-corrected chi connectivity index (χ4v) is 1.95. The Morgan fingerprint density at radius 2 is 1.75 bits per heavy atom. The minimum Gasteiger partial charge on any atom is -1.00 e. The Balaban J connectivity index is 0.000000490. The zero-order valence-corrected chi connectivity index (χ0v) is 7.87. The summed E-state index contributed by atoms with van der Waals surface area (Å²) in [5.41, 5.74) is 3.98. The number of halogens is 1. The van der Waals surface area contributed by atoms with Crippen molar-refractivity contribution in [1.82, 2.24) is 0 Å². The molecule has 1 rings (SSSR count). The molecule has 0 aliphatic carbocycles. The fraction of sp³-hybridized carbons (Fsp3) is 1.00. The lowest BCUT2D eigenvalue weighted by Crippen LogP contribution is -3.00. The third kappa shape index (κ3) is 3.14. The monoisotopic (exact) mass is 245 g/mol. The van der Waals surface area contributed by atoms with E-state index in [1.54, 1.807) is 0 Å². The van der Waals surface area contributed by atoms with Gasteiger partial charge in [-0.1, -0.05) is 0 Å². The molecule has 8 heavy (non-hydrogen) atoms. The number of quaternary nitrogens is 1. The van der Waals surface area contributed by atoms with Gasteiger partial charge in [-0.2, -0.15) is 11.8 Å². The Hall–Kier alpha value is 1.04. The van der Waals surface area contributed by atoms with Crippen LogP contribution in [0.4, 0.5) is 0 Å². The van der Waals surface area contributed by atoms with Gasteiger partial charge in [0.1, 0.15) is 0 Å². The third-order valence-corrected chi connectivity index (χ3v) is 2.39. The van der Waals surface area contributed by atoms with Gasteiger partial charge < -0.3 is 29.7 Å². The van der Waals surface area contributed by atoms with Crippen LogP contribution in [-0.4, -0.2) is 17.5 Å². The van der Waals surface area contributed by atoms with Gasteiger partial charge in [0.05, 0.1) is 6.04 Å². The van der Waals surface area contributed by atoms with E-state index < -0.39 is 0 Å². The molecular weight excluding hydrogens is 233 g/mol. The summed E-state index contributed by atoms with van der Waals surface area (Å²) >= 11 is 2.06. The molecule has 0 spiro atoms. The molecule has 1 saturated heterocycles. The molecule has 0 aromatic heterocycles. The highest BCUT2D eigenvalue weighted by molar-refractivity contribution is 7.99. The summed E-state index contributed by atoms with van der Waals surface area (Å²) in [4.78, 5) is 0. The van der Waals surface area contributed by atoms with Crippen LogP contribution in [0.5, 0.6) is 0 Å². The first-order valence-electron chi connectivity index (χ1n) is 2.80. The molecule has 1 fully saturated rings. The van der Waals surface area contributed by atoms with Gasteiger partial charge in [0, 0.05) is 12.8 Å². The third-order valence-electron chi connectivity index (χ3n) is 1.34. The molecule has 50 valence electrons. The van der Waals surface area contributed by atoms with E-state index in [4.69, 9.17) is 0 Å². The van der Waals surface area contributed by atoms with Crippen molar-refractivity contribution in [2.24, 2.45) is 0 Å². The van der Waals surface area contributed by atoms with E-state index in [2.05, 4.69) is 17.5 Å². The number of rotatable bonds is 0. The molecule has 0 aromatic carbocycles.